The summed E-state index contributed by atoms with van der Waals surface area (Å²) < 4.78 is 2.02. The van der Waals surface area contributed by atoms with E-state index in [9.17, 15) is 4.79 Å². The summed E-state index contributed by atoms with van der Waals surface area (Å²) in [4.78, 5) is 13.3. The Morgan fingerprint density at radius 1 is 1.00 bits per heavy atom. The molecule has 0 saturated heterocycles. The minimum absolute atomic E-state index is 0.140. The van der Waals surface area contributed by atoms with Crippen molar-refractivity contribution in [1.82, 2.24) is 20.1 Å². The van der Waals surface area contributed by atoms with Crippen LogP contribution in [0.2, 0.25) is 5.02 Å². The number of nitrogens with zero attached hydrogens (tertiary/aromatic N) is 3. The van der Waals surface area contributed by atoms with Gasteiger partial charge in [-0.15, -0.1) is 21.8 Å². The lowest BCUT2D eigenvalue weighted by molar-refractivity contribution is -0.129. The lowest BCUT2D eigenvalue weighted by Crippen LogP contribution is -2.41. The Balaban J connectivity index is 1.80. The average molecular weight is 554 g/mol. The van der Waals surface area contributed by atoms with Crippen LogP contribution < -0.4 is 5.32 Å². The molecular weight excluding hydrogens is 523 g/mol. The number of nitrogens with one attached hydrogen (secondary N) is 1. The molecule has 0 saturated carbocycles. The number of carbonyl (C=O) groups excluding carboxylic acids is 1. The van der Waals surface area contributed by atoms with Crippen molar-refractivity contribution < 1.29 is 4.79 Å². The van der Waals surface area contributed by atoms with Gasteiger partial charge in [0.15, 0.2) is 11.0 Å². The van der Waals surface area contributed by atoms with Crippen LogP contribution in [0.4, 0.5) is 0 Å². The van der Waals surface area contributed by atoms with Gasteiger partial charge in [-0.2, -0.15) is 0 Å². The third kappa shape index (κ3) is 6.75. The van der Waals surface area contributed by atoms with Gasteiger partial charge in [0, 0.05) is 16.7 Å². The summed E-state index contributed by atoms with van der Waals surface area (Å²) in [6, 6.07) is 25.6. The molecule has 1 aromatic heterocycles. The first-order valence-electron chi connectivity index (χ1n) is 12.1. The maximum absolute atomic E-state index is 13.3. The highest BCUT2D eigenvalue weighted by molar-refractivity contribution is 7.98. The van der Waals surface area contributed by atoms with Gasteiger partial charge < -0.3 is 5.32 Å². The fourth-order valence-electron chi connectivity index (χ4n) is 3.84. The number of carbonyl (C=O) groups is 1. The number of rotatable bonds is 10. The molecule has 1 N–H and O–H groups in total. The second-order valence-electron chi connectivity index (χ2n) is 9.61. The average Bonchev–Trinajstić information content (AvgIpc) is 3.33. The van der Waals surface area contributed by atoms with Crippen molar-refractivity contribution in [2.75, 3.05) is 5.88 Å². The molecule has 0 aliphatic carbocycles. The van der Waals surface area contributed by atoms with Crippen LogP contribution in [-0.2, 0) is 17.0 Å². The molecule has 8 heteroatoms. The number of aryl methyl sites for hydroxylation is 1. The van der Waals surface area contributed by atoms with Crippen molar-refractivity contribution in [3.05, 3.63) is 106 Å². The third-order valence-electron chi connectivity index (χ3n) is 6.13. The molecule has 0 fully saturated rings. The molecule has 192 valence electrons. The van der Waals surface area contributed by atoms with Crippen LogP contribution in [0.15, 0.2) is 84.0 Å². The zero-order valence-corrected chi connectivity index (χ0v) is 23.4. The van der Waals surface area contributed by atoms with E-state index in [1.807, 2.05) is 92.1 Å². The molecule has 4 rings (SSSR count). The highest BCUT2D eigenvalue weighted by Crippen LogP contribution is 2.32. The molecule has 0 aliphatic heterocycles. The van der Waals surface area contributed by atoms with Crippen molar-refractivity contribution in [2.24, 2.45) is 5.41 Å². The van der Waals surface area contributed by atoms with Crippen LogP contribution in [0.1, 0.15) is 42.4 Å². The van der Waals surface area contributed by atoms with Crippen LogP contribution in [0.25, 0.3) is 5.69 Å². The van der Waals surface area contributed by atoms with Gasteiger partial charge in [-0.25, -0.2) is 0 Å². The van der Waals surface area contributed by atoms with Crippen LogP contribution in [0.3, 0.4) is 0 Å². The molecule has 1 heterocycles. The predicted molar refractivity (Wildman–Crippen MR) is 153 cm³/mol. The SMILES string of the molecule is Cc1ccc(Cl)cc1-n1c(SCc2ccccc2)nnc1C(Cc1ccccc1)NC(=O)C(C)(C)CCl. The number of benzene rings is 3. The lowest BCUT2D eigenvalue weighted by Gasteiger charge is -2.26. The fraction of sp³-hybridized carbons (Fsp3) is 0.276. The van der Waals surface area contributed by atoms with E-state index in [0.29, 0.717) is 17.3 Å². The summed E-state index contributed by atoms with van der Waals surface area (Å²) in [5.74, 6) is 1.44. The van der Waals surface area contributed by atoms with E-state index in [-0.39, 0.29) is 11.8 Å². The summed E-state index contributed by atoms with van der Waals surface area (Å²) in [6.07, 6.45) is 0.548. The minimum atomic E-state index is -0.738. The van der Waals surface area contributed by atoms with Crippen molar-refractivity contribution in [2.45, 2.75) is 44.1 Å². The zero-order valence-electron chi connectivity index (χ0n) is 21.1. The standard InChI is InChI=1S/C29H30Cl2N4OS/c1-20-14-15-23(31)17-25(20)35-26(33-34-28(35)37-18-22-12-8-5-9-13-22)24(16-21-10-6-4-7-11-21)32-27(36)29(2,3)19-30/h4-15,17,24H,16,18-19H2,1-3H3,(H,32,36). The Bertz CT molecular complexity index is 1340. The first-order valence-corrected chi connectivity index (χ1v) is 14.0. The topological polar surface area (TPSA) is 59.8 Å². The highest BCUT2D eigenvalue weighted by Gasteiger charge is 2.32. The molecule has 5 nitrogen and oxygen atoms in total. The normalized spacial score (nSPS) is 12.4. The molecule has 0 radical (unpaired) electrons. The lowest BCUT2D eigenvalue weighted by atomic mass is 9.94. The molecule has 1 amide bonds. The Kier molecular flexibility index (Phi) is 8.95. The van der Waals surface area contributed by atoms with Crippen molar-refractivity contribution in [3.63, 3.8) is 0 Å². The molecule has 1 atom stereocenters. The maximum Gasteiger partial charge on any atom is 0.227 e. The third-order valence-corrected chi connectivity index (χ3v) is 8.03. The second-order valence-corrected chi connectivity index (χ2v) is 11.3. The van der Waals surface area contributed by atoms with Crippen molar-refractivity contribution in [3.8, 4) is 5.69 Å². The maximum atomic E-state index is 13.3. The van der Waals surface area contributed by atoms with Crippen LogP contribution in [0, 0.1) is 12.3 Å². The van der Waals surface area contributed by atoms with Gasteiger partial charge in [-0.05, 0) is 56.0 Å². The van der Waals surface area contributed by atoms with E-state index in [1.165, 1.54) is 5.56 Å². The predicted octanol–water partition coefficient (Wildman–Crippen LogP) is 7.19. The Hall–Kier alpha value is -2.80. The van der Waals surface area contributed by atoms with E-state index in [2.05, 4.69) is 27.6 Å². The quantitative estimate of drug-likeness (QED) is 0.167. The largest absolute Gasteiger partial charge is 0.345 e. The van der Waals surface area contributed by atoms with E-state index < -0.39 is 11.5 Å². The monoisotopic (exact) mass is 552 g/mol. The van der Waals surface area contributed by atoms with Gasteiger partial charge in [0.25, 0.3) is 0 Å². The number of hydrogen-bond donors (Lipinski definition) is 1. The molecule has 3 aromatic carbocycles. The molecule has 37 heavy (non-hydrogen) atoms. The molecule has 4 aromatic rings. The minimum Gasteiger partial charge on any atom is -0.345 e. The first-order chi connectivity index (χ1) is 17.8. The van der Waals surface area contributed by atoms with Crippen LogP contribution in [0.5, 0.6) is 0 Å². The highest BCUT2D eigenvalue weighted by atomic mass is 35.5. The summed E-state index contributed by atoms with van der Waals surface area (Å²) in [5.41, 5.74) is 3.43. The molecular formula is C29H30Cl2N4OS. The number of alkyl halides is 1. The zero-order chi connectivity index (χ0) is 26.4. The summed E-state index contributed by atoms with van der Waals surface area (Å²) >= 11 is 14.2. The van der Waals surface area contributed by atoms with Gasteiger partial charge in [-0.1, -0.05) is 90.1 Å². The summed E-state index contributed by atoms with van der Waals surface area (Å²) in [5, 5.41) is 13.8. The molecule has 1 unspecified atom stereocenters. The van der Waals surface area contributed by atoms with Crippen LogP contribution >= 0.6 is 35.0 Å². The first kappa shape index (κ1) is 27.2. The van der Waals surface area contributed by atoms with E-state index in [0.717, 1.165) is 27.7 Å². The second kappa shape index (κ2) is 12.2. The van der Waals surface area contributed by atoms with Gasteiger partial charge in [0.05, 0.1) is 17.1 Å². The fourth-order valence-corrected chi connectivity index (χ4v) is 5.04. The number of hydrogen-bond acceptors (Lipinski definition) is 4. The summed E-state index contributed by atoms with van der Waals surface area (Å²) in [6.45, 7) is 5.70. The summed E-state index contributed by atoms with van der Waals surface area (Å²) in [7, 11) is 0. The number of thioether (sulfide) groups is 1. The van der Waals surface area contributed by atoms with Crippen molar-refractivity contribution in [1.29, 1.82) is 0 Å². The smallest absolute Gasteiger partial charge is 0.227 e. The Labute approximate surface area is 232 Å². The van der Waals surface area contributed by atoms with Crippen LogP contribution in [-0.4, -0.2) is 26.6 Å². The molecule has 0 aliphatic rings. The molecule has 0 spiro atoms. The van der Waals surface area contributed by atoms with Gasteiger partial charge in [-0.3, -0.25) is 9.36 Å². The Morgan fingerprint density at radius 3 is 2.30 bits per heavy atom. The van der Waals surface area contributed by atoms with Gasteiger partial charge in [0.2, 0.25) is 5.91 Å². The number of aromatic nitrogens is 3. The van der Waals surface area contributed by atoms with E-state index in [4.69, 9.17) is 23.2 Å². The Morgan fingerprint density at radius 2 is 1.65 bits per heavy atom. The number of halogens is 2. The van der Waals surface area contributed by atoms with E-state index in [1.54, 1.807) is 11.8 Å². The van der Waals surface area contributed by atoms with Crippen molar-refractivity contribution >= 4 is 40.9 Å². The van der Waals surface area contributed by atoms with Gasteiger partial charge in [0.1, 0.15) is 0 Å². The van der Waals surface area contributed by atoms with Gasteiger partial charge >= 0.3 is 0 Å². The molecule has 0 bridgehead atoms. The van der Waals surface area contributed by atoms with E-state index >= 15 is 0 Å². The number of amides is 1.